The molecule has 1 rings (SSSR count). The van der Waals surface area contributed by atoms with Gasteiger partial charge in [-0.15, -0.1) is 0 Å². The molecule has 1 heterocycles. The van der Waals surface area contributed by atoms with Crippen molar-refractivity contribution in [2.24, 2.45) is 0 Å². The van der Waals surface area contributed by atoms with E-state index in [2.05, 4.69) is 4.98 Å². The molecule has 0 aliphatic heterocycles. The van der Waals surface area contributed by atoms with Gasteiger partial charge in [-0.05, 0) is 40.3 Å². The first-order valence-electron chi connectivity index (χ1n) is 3.32. The first kappa shape index (κ1) is 10.1. The van der Waals surface area contributed by atoms with Crippen LogP contribution < -0.4 is 0 Å². The summed E-state index contributed by atoms with van der Waals surface area (Å²) in [6, 6.07) is 1.55. The zero-order valence-electron chi connectivity index (χ0n) is 6.37. The fourth-order valence-electron chi connectivity index (χ4n) is 0.722. The number of rotatable bonds is 2. The Bertz CT molecular complexity index is 365. The zero-order valence-corrected chi connectivity index (χ0v) is 8.53. The van der Waals surface area contributed by atoms with E-state index in [0.717, 1.165) is 6.08 Å². The average Bonchev–Trinajstić information content (AvgIpc) is 2.07. The Hall–Kier alpha value is -0.980. The summed E-state index contributed by atoms with van der Waals surface area (Å²) < 4.78 is 13.1. The van der Waals surface area contributed by atoms with E-state index in [1.807, 2.05) is 0 Å². The molecule has 0 saturated carbocycles. The quantitative estimate of drug-likeness (QED) is 0.515. The lowest BCUT2D eigenvalue weighted by Gasteiger charge is -1.96. The molecule has 0 aromatic carbocycles. The Morgan fingerprint density at radius 1 is 1.69 bits per heavy atom. The van der Waals surface area contributed by atoms with Crippen LogP contribution in [0.1, 0.15) is 5.56 Å². The van der Waals surface area contributed by atoms with E-state index in [1.165, 1.54) is 12.3 Å². The van der Waals surface area contributed by atoms with Gasteiger partial charge < -0.3 is 5.11 Å². The van der Waals surface area contributed by atoms with Crippen LogP contribution in [0, 0.1) is 9.52 Å². The fraction of sp³-hybridized carbons (Fsp3) is 0. The minimum Gasteiger partial charge on any atom is -0.478 e. The lowest BCUT2D eigenvalue weighted by Crippen LogP contribution is -1.91. The number of pyridine rings is 1. The van der Waals surface area contributed by atoms with E-state index in [4.69, 9.17) is 5.11 Å². The molecule has 0 atom stereocenters. The molecule has 0 aliphatic carbocycles. The van der Waals surface area contributed by atoms with Crippen molar-refractivity contribution >= 4 is 34.6 Å². The van der Waals surface area contributed by atoms with Gasteiger partial charge in [0.2, 0.25) is 5.95 Å². The van der Waals surface area contributed by atoms with Crippen LogP contribution in [0.5, 0.6) is 0 Å². The van der Waals surface area contributed by atoms with E-state index >= 15 is 0 Å². The second kappa shape index (κ2) is 4.31. The van der Waals surface area contributed by atoms with Crippen LogP contribution in [0.3, 0.4) is 0 Å². The summed E-state index contributed by atoms with van der Waals surface area (Å²) in [6.07, 6.45) is 3.57. The number of carbonyl (C=O) groups is 1. The molecule has 0 spiro atoms. The van der Waals surface area contributed by atoms with Crippen molar-refractivity contribution in [3.8, 4) is 0 Å². The maximum atomic E-state index is 12.8. The minimum absolute atomic E-state index is 0.317. The maximum absolute atomic E-state index is 12.8. The fourth-order valence-corrected chi connectivity index (χ4v) is 1.22. The summed E-state index contributed by atoms with van der Waals surface area (Å²) in [5.74, 6) is -1.65. The van der Waals surface area contributed by atoms with Crippen LogP contribution in [-0.2, 0) is 4.79 Å². The van der Waals surface area contributed by atoms with Gasteiger partial charge in [0.1, 0.15) is 0 Å². The normalized spacial score (nSPS) is 10.6. The van der Waals surface area contributed by atoms with E-state index in [9.17, 15) is 9.18 Å². The molecule has 0 bridgehead atoms. The highest BCUT2D eigenvalue weighted by Crippen LogP contribution is 2.15. The number of carboxylic acid groups (broad SMARTS) is 1. The largest absolute Gasteiger partial charge is 0.478 e. The Labute approximate surface area is 87.4 Å². The van der Waals surface area contributed by atoms with Crippen LogP contribution in [0.2, 0.25) is 0 Å². The van der Waals surface area contributed by atoms with E-state index < -0.39 is 11.9 Å². The van der Waals surface area contributed by atoms with E-state index in [0.29, 0.717) is 9.13 Å². The van der Waals surface area contributed by atoms with Crippen molar-refractivity contribution < 1.29 is 14.3 Å². The number of hydrogen-bond donors (Lipinski definition) is 1. The monoisotopic (exact) mass is 293 g/mol. The molecular weight excluding hydrogens is 288 g/mol. The molecule has 0 radical (unpaired) electrons. The summed E-state index contributed by atoms with van der Waals surface area (Å²) in [5.41, 5.74) is 0.510. The van der Waals surface area contributed by atoms with Crippen LogP contribution >= 0.6 is 22.6 Å². The number of carboxylic acids is 1. The van der Waals surface area contributed by atoms with Crippen molar-refractivity contribution in [2.45, 2.75) is 0 Å². The summed E-state index contributed by atoms with van der Waals surface area (Å²) in [4.78, 5) is 13.6. The first-order chi connectivity index (χ1) is 6.11. The van der Waals surface area contributed by atoms with Gasteiger partial charge in [-0.1, -0.05) is 0 Å². The molecule has 13 heavy (non-hydrogen) atoms. The highest BCUT2D eigenvalue weighted by atomic mass is 127. The Morgan fingerprint density at radius 2 is 2.38 bits per heavy atom. The molecule has 68 valence electrons. The third kappa shape index (κ3) is 2.76. The number of hydrogen-bond acceptors (Lipinski definition) is 2. The molecule has 0 fully saturated rings. The van der Waals surface area contributed by atoms with Crippen molar-refractivity contribution in [3.05, 3.63) is 33.4 Å². The van der Waals surface area contributed by atoms with Crippen LogP contribution in [0.25, 0.3) is 6.08 Å². The lowest BCUT2D eigenvalue weighted by molar-refractivity contribution is -0.131. The molecule has 1 aromatic heterocycles. The molecule has 0 amide bonds. The number of halogens is 2. The second-order valence-corrected chi connectivity index (χ2v) is 3.26. The third-order valence-corrected chi connectivity index (χ3v) is 2.35. The molecule has 3 nitrogen and oxygen atoms in total. The van der Waals surface area contributed by atoms with Gasteiger partial charge in [-0.3, -0.25) is 0 Å². The van der Waals surface area contributed by atoms with Gasteiger partial charge >= 0.3 is 5.97 Å². The van der Waals surface area contributed by atoms with Gasteiger partial charge in [-0.25, -0.2) is 9.78 Å². The summed E-state index contributed by atoms with van der Waals surface area (Å²) in [6.45, 7) is 0. The van der Waals surface area contributed by atoms with Gasteiger partial charge in [-0.2, -0.15) is 4.39 Å². The Balaban J connectivity index is 3.02. The van der Waals surface area contributed by atoms with Gasteiger partial charge in [0.25, 0.3) is 0 Å². The molecule has 0 saturated heterocycles. The Morgan fingerprint density at radius 3 is 3.00 bits per heavy atom. The van der Waals surface area contributed by atoms with Gasteiger partial charge in [0.15, 0.2) is 0 Å². The zero-order chi connectivity index (χ0) is 9.84. The molecule has 1 N–H and O–H groups in total. The van der Waals surface area contributed by atoms with E-state index in [1.54, 1.807) is 28.7 Å². The van der Waals surface area contributed by atoms with Crippen molar-refractivity contribution in [3.63, 3.8) is 0 Å². The second-order valence-electron chi connectivity index (χ2n) is 2.18. The summed E-state index contributed by atoms with van der Waals surface area (Å²) in [5, 5.41) is 8.34. The topological polar surface area (TPSA) is 50.2 Å². The van der Waals surface area contributed by atoms with Gasteiger partial charge in [0, 0.05) is 12.3 Å². The molecular formula is C8H5FINO2. The highest BCUT2D eigenvalue weighted by molar-refractivity contribution is 14.1. The van der Waals surface area contributed by atoms with Crippen molar-refractivity contribution in [1.82, 2.24) is 4.98 Å². The molecule has 1 aromatic rings. The lowest BCUT2D eigenvalue weighted by atomic mass is 10.2. The average molecular weight is 293 g/mol. The van der Waals surface area contributed by atoms with Crippen molar-refractivity contribution in [1.29, 1.82) is 0 Å². The summed E-state index contributed by atoms with van der Waals surface area (Å²) in [7, 11) is 0. The highest BCUT2D eigenvalue weighted by Gasteiger charge is 2.03. The smallest absolute Gasteiger partial charge is 0.328 e. The van der Waals surface area contributed by atoms with Crippen LogP contribution in [0.4, 0.5) is 4.39 Å². The minimum atomic E-state index is -1.06. The number of aliphatic carboxylic acids is 1. The standard InChI is InChI=1S/C8H5FINO2/c9-8-7(10)5(3-4-11-8)1-2-6(12)13/h1-4H,(H,12,13)/b2-1+. The van der Waals surface area contributed by atoms with Crippen LogP contribution in [0.15, 0.2) is 18.3 Å². The van der Waals surface area contributed by atoms with Crippen LogP contribution in [-0.4, -0.2) is 16.1 Å². The maximum Gasteiger partial charge on any atom is 0.328 e. The predicted octanol–water partition coefficient (Wildman–Crippen LogP) is 1.92. The predicted molar refractivity (Wildman–Crippen MR) is 53.6 cm³/mol. The molecule has 0 unspecified atom stereocenters. The van der Waals surface area contributed by atoms with Crippen molar-refractivity contribution in [2.75, 3.05) is 0 Å². The summed E-state index contributed by atoms with van der Waals surface area (Å²) >= 11 is 1.77. The van der Waals surface area contributed by atoms with Gasteiger partial charge in [0.05, 0.1) is 3.57 Å². The first-order valence-corrected chi connectivity index (χ1v) is 4.40. The van der Waals surface area contributed by atoms with E-state index in [-0.39, 0.29) is 0 Å². The Kier molecular flexibility index (Phi) is 3.35. The SMILES string of the molecule is O=C(O)/C=C/c1ccnc(F)c1I. The third-order valence-electron chi connectivity index (χ3n) is 1.28. The molecule has 0 aliphatic rings. The number of nitrogens with zero attached hydrogens (tertiary/aromatic N) is 1. The molecule has 5 heteroatoms. The number of aromatic nitrogens is 1.